The number of benzene rings is 3. The van der Waals surface area contributed by atoms with Gasteiger partial charge < -0.3 is 0 Å². The second kappa shape index (κ2) is 10.8. The number of sulfonamides is 1. The molecule has 0 saturated carbocycles. The van der Waals surface area contributed by atoms with Gasteiger partial charge in [-0.05, 0) is 67.1 Å². The van der Waals surface area contributed by atoms with Crippen molar-refractivity contribution in [1.82, 2.24) is 5.43 Å². The molecule has 0 aliphatic rings. The summed E-state index contributed by atoms with van der Waals surface area (Å²) in [5.74, 6) is -0.573. The molecule has 8 heteroatoms. The number of rotatable bonds is 7. The molecule has 0 radical (unpaired) electrons. The molecule has 0 saturated heterocycles. The highest BCUT2D eigenvalue weighted by Gasteiger charge is 2.28. The summed E-state index contributed by atoms with van der Waals surface area (Å²) in [5.41, 5.74) is 7.12. The molecule has 1 amide bonds. The van der Waals surface area contributed by atoms with Crippen LogP contribution in [0, 0.1) is 13.8 Å². The third-order valence-electron chi connectivity index (χ3n) is 5.85. The second-order valence-electron chi connectivity index (χ2n) is 9.82. The zero-order valence-electron chi connectivity index (χ0n) is 21.5. The fourth-order valence-corrected chi connectivity index (χ4v) is 5.22. The van der Waals surface area contributed by atoms with Crippen molar-refractivity contribution in [1.29, 1.82) is 0 Å². The van der Waals surface area contributed by atoms with E-state index in [0.717, 1.165) is 15.4 Å². The summed E-state index contributed by atoms with van der Waals surface area (Å²) in [4.78, 5) is 13.0. The maximum Gasteiger partial charge on any atom is 0.264 e. The number of hydrogen-bond acceptors (Lipinski definition) is 4. The van der Waals surface area contributed by atoms with Crippen molar-refractivity contribution in [3.8, 4) is 0 Å². The Hall–Kier alpha value is -3.16. The summed E-state index contributed by atoms with van der Waals surface area (Å²) >= 11 is 6.18. The van der Waals surface area contributed by atoms with Crippen molar-refractivity contribution < 1.29 is 13.2 Å². The molecule has 6 nitrogen and oxygen atoms in total. The van der Waals surface area contributed by atoms with E-state index in [0.29, 0.717) is 22.0 Å². The van der Waals surface area contributed by atoms with Crippen LogP contribution in [-0.4, -0.2) is 26.6 Å². The van der Waals surface area contributed by atoms with Gasteiger partial charge in [-0.25, -0.2) is 13.8 Å². The normalized spacial score (nSPS) is 12.4. The van der Waals surface area contributed by atoms with E-state index in [-0.39, 0.29) is 10.3 Å². The van der Waals surface area contributed by atoms with E-state index in [9.17, 15) is 13.2 Å². The van der Waals surface area contributed by atoms with Gasteiger partial charge in [-0.3, -0.25) is 9.10 Å². The summed E-state index contributed by atoms with van der Waals surface area (Å²) in [7, 11) is -4.05. The van der Waals surface area contributed by atoms with Crippen molar-refractivity contribution in [3.63, 3.8) is 0 Å². The van der Waals surface area contributed by atoms with Crippen LogP contribution < -0.4 is 9.73 Å². The van der Waals surface area contributed by atoms with Gasteiger partial charge in [0.25, 0.3) is 15.9 Å². The van der Waals surface area contributed by atoms with Gasteiger partial charge in [0.15, 0.2) is 0 Å². The average molecular weight is 526 g/mol. The fourth-order valence-electron chi connectivity index (χ4n) is 3.58. The first-order valence-electron chi connectivity index (χ1n) is 11.6. The lowest BCUT2D eigenvalue weighted by atomic mass is 9.86. The molecule has 0 fully saturated rings. The molecule has 0 aromatic heterocycles. The summed E-state index contributed by atoms with van der Waals surface area (Å²) in [5, 5.41) is 4.58. The Bertz CT molecular complexity index is 1380. The van der Waals surface area contributed by atoms with E-state index in [1.807, 2.05) is 31.2 Å². The van der Waals surface area contributed by atoms with Crippen LogP contribution in [0.25, 0.3) is 0 Å². The SMILES string of the molecule is C/C(=N/NC(=O)CN(c1cc(Cl)ccc1C)S(=O)(=O)c1ccc(C)cc1)c1ccc(C(C)(C)C)cc1. The Balaban J connectivity index is 1.88. The number of anilines is 1. The lowest BCUT2D eigenvalue weighted by Crippen LogP contribution is -2.40. The van der Waals surface area contributed by atoms with Gasteiger partial charge in [0, 0.05) is 5.02 Å². The smallest absolute Gasteiger partial charge is 0.264 e. The Morgan fingerprint density at radius 2 is 1.58 bits per heavy atom. The molecule has 0 atom stereocenters. The van der Waals surface area contributed by atoms with E-state index in [1.165, 1.54) is 17.7 Å². The highest BCUT2D eigenvalue weighted by Crippen LogP contribution is 2.29. The first-order valence-corrected chi connectivity index (χ1v) is 13.4. The number of nitrogens with zero attached hydrogens (tertiary/aromatic N) is 2. The summed E-state index contributed by atoms with van der Waals surface area (Å²) < 4.78 is 28.2. The fraction of sp³-hybridized carbons (Fsp3) is 0.286. The number of amides is 1. The number of carbonyl (C=O) groups is 1. The molecular formula is C28H32ClN3O3S. The zero-order valence-corrected chi connectivity index (χ0v) is 23.0. The number of aryl methyl sites for hydroxylation is 2. The van der Waals surface area contributed by atoms with E-state index >= 15 is 0 Å². The van der Waals surface area contributed by atoms with Crippen LogP contribution in [0.2, 0.25) is 5.02 Å². The summed E-state index contributed by atoms with van der Waals surface area (Å²) in [6, 6.07) is 19.4. The Morgan fingerprint density at radius 1 is 0.972 bits per heavy atom. The van der Waals surface area contributed by atoms with Crippen molar-refractivity contribution in [3.05, 3.63) is 94.0 Å². The second-order valence-corrected chi connectivity index (χ2v) is 12.1. The molecule has 190 valence electrons. The van der Waals surface area contributed by atoms with Crippen LogP contribution in [0.15, 0.2) is 76.7 Å². The minimum atomic E-state index is -4.05. The van der Waals surface area contributed by atoms with E-state index in [1.54, 1.807) is 44.2 Å². The molecule has 36 heavy (non-hydrogen) atoms. The monoisotopic (exact) mass is 525 g/mol. The van der Waals surface area contributed by atoms with Crippen LogP contribution in [0.1, 0.15) is 49.9 Å². The van der Waals surface area contributed by atoms with Crippen LogP contribution in [0.4, 0.5) is 5.69 Å². The minimum Gasteiger partial charge on any atom is -0.271 e. The zero-order chi connectivity index (χ0) is 26.7. The molecule has 0 spiro atoms. The molecule has 0 aliphatic heterocycles. The maximum atomic E-state index is 13.6. The van der Waals surface area contributed by atoms with Gasteiger partial charge in [0.05, 0.1) is 16.3 Å². The number of hydrazone groups is 1. The lowest BCUT2D eigenvalue weighted by Gasteiger charge is -2.25. The molecule has 0 bridgehead atoms. The van der Waals surface area contributed by atoms with Gasteiger partial charge >= 0.3 is 0 Å². The third-order valence-corrected chi connectivity index (χ3v) is 7.86. The van der Waals surface area contributed by atoms with Crippen LogP contribution >= 0.6 is 11.6 Å². The minimum absolute atomic E-state index is 0.0304. The average Bonchev–Trinajstić information content (AvgIpc) is 2.82. The quantitative estimate of drug-likeness (QED) is 0.304. The van der Waals surface area contributed by atoms with Gasteiger partial charge in [0.2, 0.25) is 0 Å². The highest BCUT2D eigenvalue weighted by molar-refractivity contribution is 7.92. The van der Waals surface area contributed by atoms with Crippen LogP contribution in [0.5, 0.6) is 0 Å². The number of hydrogen-bond donors (Lipinski definition) is 1. The predicted molar refractivity (Wildman–Crippen MR) is 147 cm³/mol. The molecule has 0 unspecified atom stereocenters. The Labute approximate surface area is 219 Å². The van der Waals surface area contributed by atoms with Gasteiger partial charge in [-0.15, -0.1) is 0 Å². The predicted octanol–water partition coefficient (Wildman–Crippen LogP) is 5.99. The van der Waals surface area contributed by atoms with Crippen LogP contribution in [-0.2, 0) is 20.2 Å². The lowest BCUT2D eigenvalue weighted by molar-refractivity contribution is -0.119. The maximum absolute atomic E-state index is 13.6. The van der Waals surface area contributed by atoms with E-state index in [4.69, 9.17) is 11.6 Å². The molecule has 3 aromatic carbocycles. The number of nitrogens with one attached hydrogen (secondary N) is 1. The molecule has 0 aliphatic carbocycles. The number of carbonyl (C=O) groups excluding carboxylic acids is 1. The third kappa shape index (κ3) is 6.53. The molecule has 1 N–H and O–H groups in total. The Kier molecular flexibility index (Phi) is 8.26. The summed E-state index contributed by atoms with van der Waals surface area (Å²) in [6.07, 6.45) is 0. The Morgan fingerprint density at radius 3 is 2.17 bits per heavy atom. The van der Waals surface area contributed by atoms with Gasteiger partial charge in [-0.1, -0.05) is 80.4 Å². The summed E-state index contributed by atoms with van der Waals surface area (Å²) in [6.45, 7) is 11.4. The van der Waals surface area contributed by atoms with E-state index in [2.05, 4.69) is 31.3 Å². The molecule has 0 heterocycles. The van der Waals surface area contributed by atoms with Gasteiger partial charge in [0.1, 0.15) is 6.54 Å². The van der Waals surface area contributed by atoms with Crippen molar-refractivity contribution in [2.24, 2.45) is 5.10 Å². The highest BCUT2D eigenvalue weighted by atomic mass is 35.5. The largest absolute Gasteiger partial charge is 0.271 e. The molecule has 3 aromatic rings. The van der Waals surface area contributed by atoms with E-state index < -0.39 is 22.5 Å². The van der Waals surface area contributed by atoms with Crippen LogP contribution in [0.3, 0.4) is 0 Å². The van der Waals surface area contributed by atoms with Gasteiger partial charge in [-0.2, -0.15) is 5.10 Å². The van der Waals surface area contributed by atoms with Crippen molar-refractivity contribution >= 4 is 38.9 Å². The number of halogens is 1. The molecular weight excluding hydrogens is 494 g/mol. The topological polar surface area (TPSA) is 78.8 Å². The van der Waals surface area contributed by atoms with Crippen molar-refractivity contribution in [2.75, 3.05) is 10.8 Å². The first-order chi connectivity index (χ1) is 16.8. The first kappa shape index (κ1) is 27.4. The molecule has 3 rings (SSSR count). The standard InChI is InChI=1S/C28H32ClN3O3S/c1-19-7-15-25(16-8-19)36(34,35)32(26-17-24(29)14-9-20(26)2)18-27(33)31-30-21(3)22-10-12-23(13-11-22)28(4,5)6/h7-17H,18H2,1-6H3,(H,31,33)/b30-21-. The van der Waals surface area contributed by atoms with Crippen molar-refractivity contribution in [2.45, 2.75) is 51.9 Å².